The number of fused-ring (bicyclic) bond motifs is 5. The van der Waals surface area contributed by atoms with Crippen LogP contribution in [0, 0.1) is 0 Å². The van der Waals surface area contributed by atoms with Crippen LogP contribution in [-0.4, -0.2) is 0 Å². The summed E-state index contributed by atoms with van der Waals surface area (Å²) >= 11 is 1.86. The first kappa shape index (κ1) is 34.0. The molecule has 272 valence electrons. The third-order valence-electron chi connectivity index (χ3n) is 11.5. The Morgan fingerprint density at radius 1 is 0.259 bits per heavy atom. The van der Waals surface area contributed by atoms with Gasteiger partial charge in [0.05, 0.1) is 0 Å². The van der Waals surface area contributed by atoms with Crippen molar-refractivity contribution in [3.05, 3.63) is 224 Å². The minimum absolute atomic E-state index is 1.10. The molecule has 0 saturated heterocycles. The summed E-state index contributed by atoms with van der Waals surface area (Å²) in [6.07, 6.45) is 0. The van der Waals surface area contributed by atoms with E-state index >= 15 is 0 Å². The van der Waals surface area contributed by atoms with Gasteiger partial charge >= 0.3 is 0 Å². The maximum absolute atomic E-state index is 2.36. The number of thiophene rings is 1. The molecule has 1 aromatic heterocycles. The number of hydrogen-bond donors (Lipinski definition) is 0. The molecule has 11 aromatic rings. The van der Waals surface area contributed by atoms with E-state index < -0.39 is 0 Å². The molecular formula is C56H37NS. The molecule has 1 heterocycles. The summed E-state index contributed by atoms with van der Waals surface area (Å²) in [6.45, 7) is 0. The SMILES string of the molecule is c1cc(-c2ccc(N(c3ccc(-c4ccc5c(c4)sc4ccccc45)cc3)c3ccc(-c4cccc5ccccc45)cc3)cc2)cc(-c2cccc3ccccc23)c1. The van der Waals surface area contributed by atoms with Crippen molar-refractivity contribution >= 4 is 70.1 Å². The predicted molar refractivity (Wildman–Crippen MR) is 251 cm³/mol. The monoisotopic (exact) mass is 755 g/mol. The van der Waals surface area contributed by atoms with Gasteiger partial charge in [0.25, 0.3) is 0 Å². The lowest BCUT2D eigenvalue weighted by molar-refractivity contribution is 1.28. The number of nitrogens with zero attached hydrogens (tertiary/aromatic N) is 1. The molecule has 1 nitrogen and oxygen atoms in total. The van der Waals surface area contributed by atoms with Crippen molar-refractivity contribution in [3.63, 3.8) is 0 Å². The fourth-order valence-electron chi connectivity index (χ4n) is 8.57. The molecule has 58 heavy (non-hydrogen) atoms. The molecular weight excluding hydrogens is 719 g/mol. The summed E-state index contributed by atoms with van der Waals surface area (Å²) in [5.41, 5.74) is 13.0. The van der Waals surface area contributed by atoms with E-state index in [1.54, 1.807) is 0 Å². The van der Waals surface area contributed by atoms with Crippen molar-refractivity contribution in [2.24, 2.45) is 0 Å². The van der Waals surface area contributed by atoms with E-state index in [9.17, 15) is 0 Å². The van der Waals surface area contributed by atoms with Crippen molar-refractivity contribution < 1.29 is 0 Å². The van der Waals surface area contributed by atoms with E-state index in [-0.39, 0.29) is 0 Å². The maximum Gasteiger partial charge on any atom is 0.0462 e. The summed E-state index contributed by atoms with van der Waals surface area (Å²) in [5, 5.41) is 7.69. The lowest BCUT2D eigenvalue weighted by Gasteiger charge is -2.26. The second-order valence-corrected chi connectivity index (χ2v) is 16.0. The molecule has 0 aliphatic carbocycles. The average Bonchev–Trinajstić information content (AvgIpc) is 3.68. The van der Waals surface area contributed by atoms with Gasteiger partial charge in [-0.2, -0.15) is 0 Å². The molecule has 0 N–H and O–H groups in total. The van der Waals surface area contributed by atoms with Crippen LogP contribution in [0.4, 0.5) is 17.1 Å². The Balaban J connectivity index is 0.962. The van der Waals surface area contributed by atoms with Crippen LogP contribution in [0.3, 0.4) is 0 Å². The summed E-state index contributed by atoms with van der Waals surface area (Å²) in [4.78, 5) is 2.36. The Bertz CT molecular complexity index is 3250. The molecule has 0 saturated carbocycles. The third kappa shape index (κ3) is 6.12. The van der Waals surface area contributed by atoms with Gasteiger partial charge in [0.15, 0.2) is 0 Å². The second kappa shape index (κ2) is 14.4. The standard InChI is InChI=1S/C56H37NS/c1-3-16-49-40(10-1)12-8-19-51(49)42-26-33-48(34-27-42)57(47-31-24-39(25-32-47)44-28-35-54-53-18-5-6-21-55(53)58-56(54)37-44)46-29-22-38(23-30-46)43-14-7-15-45(36-43)52-20-9-13-41-11-2-4-17-50(41)52/h1-37H. The van der Waals surface area contributed by atoms with Crippen LogP contribution in [-0.2, 0) is 0 Å². The molecule has 0 aliphatic heterocycles. The van der Waals surface area contributed by atoms with Gasteiger partial charge in [-0.15, -0.1) is 11.3 Å². The number of rotatable bonds is 7. The zero-order valence-electron chi connectivity index (χ0n) is 31.7. The Kier molecular flexibility index (Phi) is 8.42. The van der Waals surface area contributed by atoms with E-state index in [4.69, 9.17) is 0 Å². The first-order valence-electron chi connectivity index (χ1n) is 19.8. The molecule has 0 atom stereocenters. The van der Waals surface area contributed by atoms with Gasteiger partial charge in [-0.25, -0.2) is 0 Å². The van der Waals surface area contributed by atoms with Gasteiger partial charge in [-0.1, -0.05) is 170 Å². The summed E-state index contributed by atoms with van der Waals surface area (Å²) in [5.74, 6) is 0. The van der Waals surface area contributed by atoms with E-state index in [0.29, 0.717) is 0 Å². The van der Waals surface area contributed by atoms with Crippen molar-refractivity contribution in [2.45, 2.75) is 0 Å². The fourth-order valence-corrected chi connectivity index (χ4v) is 9.71. The van der Waals surface area contributed by atoms with Crippen LogP contribution in [0.15, 0.2) is 224 Å². The highest BCUT2D eigenvalue weighted by molar-refractivity contribution is 7.25. The van der Waals surface area contributed by atoms with E-state index in [0.717, 1.165) is 17.1 Å². The highest BCUT2D eigenvalue weighted by Gasteiger charge is 2.15. The van der Waals surface area contributed by atoms with Gasteiger partial charge in [0.1, 0.15) is 0 Å². The quantitative estimate of drug-likeness (QED) is 0.157. The van der Waals surface area contributed by atoms with Gasteiger partial charge in [0.2, 0.25) is 0 Å². The maximum atomic E-state index is 2.36. The van der Waals surface area contributed by atoms with Crippen LogP contribution in [0.2, 0.25) is 0 Å². The van der Waals surface area contributed by atoms with Gasteiger partial charge < -0.3 is 4.90 Å². The summed E-state index contributed by atoms with van der Waals surface area (Å²) in [7, 11) is 0. The van der Waals surface area contributed by atoms with E-state index in [1.165, 1.54) is 86.2 Å². The zero-order valence-corrected chi connectivity index (χ0v) is 32.5. The lowest BCUT2D eigenvalue weighted by Crippen LogP contribution is -2.09. The molecule has 0 radical (unpaired) electrons. The summed E-state index contributed by atoms with van der Waals surface area (Å²) < 4.78 is 2.65. The number of benzene rings is 10. The van der Waals surface area contributed by atoms with Crippen LogP contribution in [0.25, 0.3) is 86.2 Å². The van der Waals surface area contributed by atoms with Crippen LogP contribution >= 0.6 is 11.3 Å². The Morgan fingerprint density at radius 3 is 1.31 bits per heavy atom. The zero-order chi connectivity index (χ0) is 38.4. The third-order valence-corrected chi connectivity index (χ3v) is 12.6. The van der Waals surface area contributed by atoms with Crippen LogP contribution < -0.4 is 4.90 Å². The largest absolute Gasteiger partial charge is 0.311 e. The van der Waals surface area contributed by atoms with Crippen molar-refractivity contribution in [1.82, 2.24) is 0 Å². The number of hydrogen-bond acceptors (Lipinski definition) is 2. The molecule has 0 amide bonds. The van der Waals surface area contributed by atoms with Crippen LogP contribution in [0.1, 0.15) is 0 Å². The molecule has 0 unspecified atom stereocenters. The summed E-state index contributed by atoms with van der Waals surface area (Å²) in [6, 6.07) is 81.9. The van der Waals surface area contributed by atoms with Gasteiger partial charge in [-0.05, 0) is 121 Å². The Labute approximate surface area is 342 Å². The molecule has 0 aliphatic rings. The normalized spacial score (nSPS) is 11.4. The molecule has 0 spiro atoms. The lowest BCUT2D eigenvalue weighted by atomic mass is 9.95. The number of anilines is 3. The highest BCUT2D eigenvalue weighted by atomic mass is 32.1. The topological polar surface area (TPSA) is 3.24 Å². The average molecular weight is 756 g/mol. The van der Waals surface area contributed by atoms with E-state index in [1.807, 2.05) is 11.3 Å². The van der Waals surface area contributed by atoms with Crippen molar-refractivity contribution in [3.8, 4) is 44.5 Å². The molecule has 2 heteroatoms. The highest BCUT2D eigenvalue weighted by Crippen LogP contribution is 2.41. The van der Waals surface area contributed by atoms with Gasteiger partial charge in [0, 0.05) is 37.2 Å². The van der Waals surface area contributed by atoms with Crippen molar-refractivity contribution in [1.29, 1.82) is 0 Å². The fraction of sp³-hybridized carbons (Fsp3) is 0. The molecule has 11 rings (SSSR count). The molecule has 10 aromatic carbocycles. The smallest absolute Gasteiger partial charge is 0.0462 e. The first-order valence-corrected chi connectivity index (χ1v) is 20.6. The van der Waals surface area contributed by atoms with E-state index in [2.05, 4.69) is 229 Å². The molecule has 0 bridgehead atoms. The van der Waals surface area contributed by atoms with Crippen LogP contribution in [0.5, 0.6) is 0 Å². The van der Waals surface area contributed by atoms with Gasteiger partial charge in [-0.3, -0.25) is 0 Å². The first-order chi connectivity index (χ1) is 28.7. The predicted octanol–water partition coefficient (Wildman–Crippen LogP) is 16.5. The molecule has 0 fully saturated rings. The second-order valence-electron chi connectivity index (χ2n) is 14.9. The Morgan fingerprint density at radius 2 is 0.690 bits per heavy atom. The van der Waals surface area contributed by atoms with Crippen molar-refractivity contribution in [2.75, 3.05) is 4.90 Å². The Hall–Kier alpha value is -7.26. The minimum atomic E-state index is 1.10. The minimum Gasteiger partial charge on any atom is -0.311 e.